The second kappa shape index (κ2) is 11.6. The quantitative estimate of drug-likeness (QED) is 0.551. The zero-order valence-corrected chi connectivity index (χ0v) is 22.6. The number of aliphatic hydroxyl groups is 1. The molecule has 2 aliphatic heterocycles. The number of carbonyl (C=O) groups is 2. The van der Waals surface area contributed by atoms with E-state index in [2.05, 4.69) is 20.3 Å². The highest BCUT2D eigenvalue weighted by Crippen LogP contribution is 2.24. The molecule has 0 unspecified atom stereocenters. The molecular formula is C26H38N6O6. The largest absolute Gasteiger partial charge is 0.477 e. The predicted molar refractivity (Wildman–Crippen MR) is 138 cm³/mol. The Bertz CT molecular complexity index is 1120. The predicted octanol–water partition coefficient (Wildman–Crippen LogP) is 2.17. The number of amides is 2. The Labute approximate surface area is 222 Å². The summed E-state index contributed by atoms with van der Waals surface area (Å²) in [4.78, 5) is 40.1. The van der Waals surface area contributed by atoms with E-state index in [1.54, 1.807) is 22.0 Å². The van der Waals surface area contributed by atoms with Crippen molar-refractivity contribution in [3.63, 3.8) is 0 Å². The summed E-state index contributed by atoms with van der Waals surface area (Å²) in [6.45, 7) is 8.04. The molecule has 38 heavy (non-hydrogen) atoms. The molecule has 12 heteroatoms. The van der Waals surface area contributed by atoms with Gasteiger partial charge >= 0.3 is 6.09 Å². The van der Waals surface area contributed by atoms with Gasteiger partial charge in [-0.25, -0.2) is 14.8 Å². The number of hydrogen-bond donors (Lipinski definition) is 2. The fraction of sp³-hybridized carbons (Fsp3) is 0.654. The summed E-state index contributed by atoms with van der Waals surface area (Å²) in [5, 5.41) is 13.9. The number of piperidine rings is 1. The highest BCUT2D eigenvalue weighted by molar-refractivity contribution is 5.93. The zero-order chi connectivity index (χ0) is 27.3. The van der Waals surface area contributed by atoms with E-state index in [1.807, 2.05) is 27.8 Å². The van der Waals surface area contributed by atoms with Gasteiger partial charge in [-0.3, -0.25) is 4.79 Å². The minimum Gasteiger partial charge on any atom is -0.477 e. The Morgan fingerprint density at radius 3 is 2.55 bits per heavy atom. The van der Waals surface area contributed by atoms with Crippen molar-refractivity contribution in [3.8, 4) is 17.4 Å². The maximum absolute atomic E-state index is 13.1. The van der Waals surface area contributed by atoms with Gasteiger partial charge in [0.05, 0.1) is 24.7 Å². The Hall–Kier alpha value is -3.25. The van der Waals surface area contributed by atoms with Crippen molar-refractivity contribution in [2.75, 3.05) is 39.5 Å². The van der Waals surface area contributed by atoms with E-state index in [4.69, 9.17) is 14.2 Å². The van der Waals surface area contributed by atoms with Gasteiger partial charge in [0.1, 0.15) is 17.0 Å². The van der Waals surface area contributed by atoms with Crippen molar-refractivity contribution in [1.29, 1.82) is 0 Å². The lowest BCUT2D eigenvalue weighted by molar-refractivity contribution is -0.0303. The van der Waals surface area contributed by atoms with Gasteiger partial charge in [0.15, 0.2) is 5.82 Å². The van der Waals surface area contributed by atoms with Gasteiger partial charge in [0.25, 0.3) is 5.91 Å². The molecule has 12 nitrogen and oxygen atoms in total. The molecule has 0 atom stereocenters. The number of nitrogens with zero attached hydrogens (tertiary/aromatic N) is 5. The maximum atomic E-state index is 13.1. The van der Waals surface area contributed by atoms with Crippen molar-refractivity contribution < 1.29 is 28.9 Å². The van der Waals surface area contributed by atoms with Crippen LogP contribution in [0.25, 0.3) is 11.5 Å². The summed E-state index contributed by atoms with van der Waals surface area (Å²) in [6, 6.07) is 1.52. The van der Waals surface area contributed by atoms with Gasteiger partial charge in [0.2, 0.25) is 5.88 Å². The van der Waals surface area contributed by atoms with Crippen LogP contribution in [0.1, 0.15) is 56.9 Å². The first-order valence-corrected chi connectivity index (χ1v) is 13.1. The average Bonchev–Trinajstić information content (AvgIpc) is 3.32. The number of aryl methyl sites for hydroxylation is 1. The Kier molecular flexibility index (Phi) is 8.51. The van der Waals surface area contributed by atoms with E-state index < -0.39 is 23.2 Å². The first kappa shape index (κ1) is 27.8. The number of aromatic nitrogens is 4. The lowest BCUT2D eigenvalue weighted by atomic mass is 9.91. The van der Waals surface area contributed by atoms with E-state index >= 15 is 0 Å². The Balaban J connectivity index is 1.40. The van der Waals surface area contributed by atoms with Crippen LogP contribution in [-0.4, -0.2) is 92.2 Å². The number of hydrogen-bond acceptors (Lipinski definition) is 9. The van der Waals surface area contributed by atoms with E-state index in [0.29, 0.717) is 69.1 Å². The molecule has 0 bridgehead atoms. The van der Waals surface area contributed by atoms with Gasteiger partial charge in [0, 0.05) is 46.0 Å². The lowest BCUT2D eigenvalue weighted by Gasteiger charge is -2.38. The molecule has 0 saturated carbocycles. The molecule has 0 spiro atoms. The van der Waals surface area contributed by atoms with Crippen LogP contribution in [0.2, 0.25) is 0 Å². The number of carbonyl (C=O) groups excluding carboxylic acids is 2. The Morgan fingerprint density at radius 1 is 1.21 bits per heavy atom. The minimum absolute atomic E-state index is 0.0251. The molecule has 208 valence electrons. The molecule has 2 aromatic heterocycles. The van der Waals surface area contributed by atoms with E-state index in [1.165, 1.54) is 6.07 Å². The molecule has 0 aliphatic carbocycles. The minimum atomic E-state index is -1.14. The molecule has 2 amide bonds. The second-order valence-corrected chi connectivity index (χ2v) is 11.0. The van der Waals surface area contributed by atoms with Gasteiger partial charge < -0.3 is 34.1 Å². The third-order valence-corrected chi connectivity index (χ3v) is 6.71. The van der Waals surface area contributed by atoms with Crippen molar-refractivity contribution in [2.45, 2.75) is 57.7 Å². The number of rotatable bonds is 7. The fourth-order valence-corrected chi connectivity index (χ4v) is 4.36. The molecule has 2 saturated heterocycles. The summed E-state index contributed by atoms with van der Waals surface area (Å²) in [6.07, 6.45) is 5.31. The van der Waals surface area contributed by atoms with Crippen LogP contribution >= 0.6 is 0 Å². The number of nitrogens with one attached hydrogen (secondary N) is 1. The smallest absolute Gasteiger partial charge is 0.410 e. The summed E-state index contributed by atoms with van der Waals surface area (Å²) < 4.78 is 18.6. The normalized spacial score (nSPS) is 18.2. The first-order valence-electron chi connectivity index (χ1n) is 13.1. The van der Waals surface area contributed by atoms with E-state index in [9.17, 15) is 14.7 Å². The van der Waals surface area contributed by atoms with Crippen molar-refractivity contribution in [1.82, 2.24) is 29.7 Å². The molecule has 2 N–H and O–H groups in total. The highest BCUT2D eigenvalue weighted by atomic mass is 16.6. The summed E-state index contributed by atoms with van der Waals surface area (Å²) in [5.41, 5.74) is -0.955. The van der Waals surface area contributed by atoms with Crippen LogP contribution in [0.3, 0.4) is 0 Å². The molecule has 2 aromatic rings. The number of likely N-dealkylation sites (tertiary alicyclic amines) is 1. The van der Waals surface area contributed by atoms with Crippen LogP contribution < -0.4 is 10.1 Å². The summed E-state index contributed by atoms with van der Waals surface area (Å²) in [7, 11) is 1.82. The van der Waals surface area contributed by atoms with E-state index in [0.717, 1.165) is 12.8 Å². The van der Waals surface area contributed by atoms with Crippen LogP contribution in [0.15, 0.2) is 18.6 Å². The van der Waals surface area contributed by atoms with Gasteiger partial charge in [-0.2, -0.15) is 4.98 Å². The Morgan fingerprint density at radius 2 is 1.92 bits per heavy atom. The second-order valence-electron chi connectivity index (χ2n) is 11.0. The first-order chi connectivity index (χ1) is 18.0. The standard InChI is InChI=1S/C26H38N6O6/c1-25(2,3)38-24(34)32-9-7-26(35,8-10-32)16-28-23(33)19-13-21(37-15-18-5-11-36-12-6-18)30-22(29-19)20-14-27-17-31(20)4/h13-14,17-18,35H,5-12,15-16H2,1-4H3,(H,28,33). The monoisotopic (exact) mass is 530 g/mol. The lowest BCUT2D eigenvalue weighted by Crippen LogP contribution is -2.52. The van der Waals surface area contributed by atoms with Crippen LogP contribution in [0.5, 0.6) is 5.88 Å². The highest BCUT2D eigenvalue weighted by Gasteiger charge is 2.36. The van der Waals surface area contributed by atoms with Crippen molar-refractivity contribution in [2.24, 2.45) is 13.0 Å². The molecule has 4 heterocycles. The van der Waals surface area contributed by atoms with Crippen LogP contribution in [0.4, 0.5) is 4.79 Å². The third-order valence-electron chi connectivity index (χ3n) is 6.71. The van der Waals surface area contributed by atoms with Gasteiger partial charge in [-0.15, -0.1) is 0 Å². The molecule has 2 fully saturated rings. The maximum Gasteiger partial charge on any atom is 0.410 e. The summed E-state index contributed by atoms with van der Waals surface area (Å²) in [5.74, 6) is 0.535. The van der Waals surface area contributed by atoms with Gasteiger partial charge in [-0.05, 0) is 52.4 Å². The third kappa shape index (κ3) is 7.41. The van der Waals surface area contributed by atoms with E-state index in [-0.39, 0.29) is 12.2 Å². The topological polar surface area (TPSA) is 141 Å². The number of ether oxygens (including phenoxy) is 3. The fourth-order valence-electron chi connectivity index (χ4n) is 4.36. The van der Waals surface area contributed by atoms with Crippen LogP contribution in [-0.2, 0) is 16.5 Å². The van der Waals surface area contributed by atoms with Crippen LogP contribution in [0, 0.1) is 5.92 Å². The molecule has 0 aromatic carbocycles. The summed E-state index contributed by atoms with van der Waals surface area (Å²) >= 11 is 0. The van der Waals surface area contributed by atoms with Gasteiger partial charge in [-0.1, -0.05) is 0 Å². The SMILES string of the molecule is Cn1cncc1-c1nc(OCC2CCOCC2)cc(C(=O)NCC2(O)CCN(C(=O)OC(C)(C)C)CC2)n1. The molecule has 0 radical (unpaired) electrons. The van der Waals surface area contributed by atoms with Crippen molar-refractivity contribution >= 4 is 12.0 Å². The average molecular weight is 531 g/mol. The van der Waals surface area contributed by atoms with Crippen molar-refractivity contribution in [3.05, 3.63) is 24.3 Å². The zero-order valence-electron chi connectivity index (χ0n) is 22.6. The molecule has 2 aliphatic rings. The molecular weight excluding hydrogens is 492 g/mol. The number of imidazole rings is 1. The molecule has 4 rings (SSSR count).